The van der Waals surface area contributed by atoms with Crippen LogP contribution in [0.1, 0.15) is 32.1 Å². The van der Waals surface area contributed by atoms with Gasteiger partial charge in [-0.3, -0.25) is 4.79 Å². The number of amides is 1. The Morgan fingerprint density at radius 3 is 2.55 bits per heavy atom. The molecule has 0 radical (unpaired) electrons. The molecule has 2 fully saturated rings. The van der Waals surface area contributed by atoms with Crippen LogP contribution in [0.5, 0.6) is 0 Å². The summed E-state index contributed by atoms with van der Waals surface area (Å²) in [5.41, 5.74) is 0. The zero-order chi connectivity index (χ0) is 13.5. The Labute approximate surface area is 127 Å². The van der Waals surface area contributed by atoms with Crippen molar-refractivity contribution in [2.75, 3.05) is 33.5 Å². The Bertz CT molecular complexity index is 280. The Morgan fingerprint density at radius 2 is 1.90 bits per heavy atom. The molecule has 2 bridgehead atoms. The van der Waals surface area contributed by atoms with E-state index in [0.29, 0.717) is 50.8 Å². The molecule has 0 saturated carbocycles. The highest BCUT2D eigenvalue weighted by Gasteiger charge is 2.33. The lowest BCUT2D eigenvalue weighted by Gasteiger charge is -2.28. The van der Waals surface area contributed by atoms with Crippen molar-refractivity contribution >= 4 is 18.3 Å². The smallest absolute Gasteiger partial charge is 0.220 e. The van der Waals surface area contributed by atoms with Crippen molar-refractivity contribution in [2.24, 2.45) is 5.92 Å². The van der Waals surface area contributed by atoms with Crippen molar-refractivity contribution in [3.63, 3.8) is 0 Å². The summed E-state index contributed by atoms with van der Waals surface area (Å²) in [7, 11) is 1.65. The Morgan fingerprint density at radius 1 is 1.20 bits per heavy atom. The zero-order valence-electron chi connectivity index (χ0n) is 12.2. The Balaban J connectivity index is 0.00000200. The summed E-state index contributed by atoms with van der Waals surface area (Å²) in [6.07, 6.45) is 5.57. The first-order chi connectivity index (χ1) is 9.28. The van der Waals surface area contributed by atoms with Crippen molar-refractivity contribution in [1.82, 2.24) is 10.6 Å². The van der Waals surface area contributed by atoms with Gasteiger partial charge in [-0.05, 0) is 31.6 Å². The van der Waals surface area contributed by atoms with E-state index >= 15 is 0 Å². The molecule has 2 heterocycles. The molecule has 2 atom stereocenters. The molecule has 20 heavy (non-hydrogen) atoms. The summed E-state index contributed by atoms with van der Waals surface area (Å²) in [4.78, 5) is 11.8. The third-order valence-electron chi connectivity index (χ3n) is 4.05. The van der Waals surface area contributed by atoms with Gasteiger partial charge in [0.1, 0.15) is 0 Å². The van der Waals surface area contributed by atoms with Crippen LogP contribution in [0.4, 0.5) is 0 Å². The number of carbonyl (C=O) groups excluding carboxylic acids is 1. The number of halogens is 1. The first-order valence-corrected chi connectivity index (χ1v) is 7.37. The van der Waals surface area contributed by atoms with Gasteiger partial charge in [0.25, 0.3) is 0 Å². The van der Waals surface area contributed by atoms with Gasteiger partial charge in [0, 0.05) is 32.2 Å². The van der Waals surface area contributed by atoms with Gasteiger partial charge in [-0.15, -0.1) is 12.4 Å². The molecule has 2 N–H and O–H groups in total. The minimum atomic E-state index is 0. The third-order valence-corrected chi connectivity index (χ3v) is 4.05. The molecule has 118 valence electrons. The molecule has 2 aliphatic rings. The van der Waals surface area contributed by atoms with E-state index in [-0.39, 0.29) is 18.3 Å². The maximum Gasteiger partial charge on any atom is 0.220 e. The van der Waals surface area contributed by atoms with E-state index in [1.54, 1.807) is 7.11 Å². The van der Waals surface area contributed by atoms with E-state index in [2.05, 4.69) is 10.6 Å². The summed E-state index contributed by atoms with van der Waals surface area (Å²) in [6, 6.07) is 1.32. The number of hydrogen-bond acceptors (Lipinski definition) is 4. The van der Waals surface area contributed by atoms with Gasteiger partial charge in [-0.25, -0.2) is 0 Å². The highest BCUT2D eigenvalue weighted by atomic mass is 35.5. The van der Waals surface area contributed by atoms with Gasteiger partial charge in [-0.1, -0.05) is 0 Å². The topological polar surface area (TPSA) is 59.6 Å². The highest BCUT2D eigenvalue weighted by Crippen LogP contribution is 2.32. The lowest BCUT2D eigenvalue weighted by atomic mass is 9.89. The predicted molar refractivity (Wildman–Crippen MR) is 80.2 cm³/mol. The Kier molecular flexibility index (Phi) is 8.45. The van der Waals surface area contributed by atoms with E-state index in [9.17, 15) is 4.79 Å². The fourth-order valence-corrected chi connectivity index (χ4v) is 3.18. The van der Waals surface area contributed by atoms with E-state index in [4.69, 9.17) is 9.47 Å². The first-order valence-electron chi connectivity index (χ1n) is 7.37. The maximum absolute atomic E-state index is 11.8. The summed E-state index contributed by atoms with van der Waals surface area (Å²) < 4.78 is 10.2. The normalized spacial score (nSPS) is 27.9. The summed E-state index contributed by atoms with van der Waals surface area (Å²) in [5.74, 6) is 0.731. The van der Waals surface area contributed by atoms with Crippen molar-refractivity contribution < 1.29 is 14.3 Å². The molecule has 1 amide bonds. The second-order valence-electron chi connectivity index (χ2n) is 5.63. The average Bonchev–Trinajstić information content (AvgIpc) is 2.73. The second kappa shape index (κ2) is 9.55. The lowest BCUT2D eigenvalue weighted by Crippen LogP contribution is -2.40. The second-order valence-corrected chi connectivity index (χ2v) is 5.63. The van der Waals surface area contributed by atoms with Crippen LogP contribution < -0.4 is 10.6 Å². The number of hydrogen-bond donors (Lipinski definition) is 2. The average molecular weight is 307 g/mol. The first kappa shape index (κ1) is 17.7. The molecule has 0 aromatic carbocycles. The largest absolute Gasteiger partial charge is 0.382 e. The fraction of sp³-hybridized carbons (Fsp3) is 0.929. The van der Waals surface area contributed by atoms with E-state index in [1.165, 1.54) is 12.8 Å². The van der Waals surface area contributed by atoms with E-state index in [0.717, 1.165) is 12.8 Å². The van der Waals surface area contributed by atoms with Gasteiger partial charge < -0.3 is 20.1 Å². The molecule has 0 aromatic heterocycles. The van der Waals surface area contributed by atoms with E-state index < -0.39 is 0 Å². The number of piperidine rings is 1. The van der Waals surface area contributed by atoms with Gasteiger partial charge in [0.15, 0.2) is 0 Å². The van der Waals surface area contributed by atoms with Gasteiger partial charge in [0.2, 0.25) is 5.91 Å². The molecule has 2 saturated heterocycles. The van der Waals surface area contributed by atoms with Gasteiger partial charge in [-0.2, -0.15) is 0 Å². The van der Waals surface area contributed by atoms with Crippen LogP contribution in [-0.2, 0) is 14.3 Å². The minimum Gasteiger partial charge on any atom is -0.382 e. The lowest BCUT2D eigenvalue weighted by molar-refractivity contribution is -0.122. The van der Waals surface area contributed by atoms with E-state index in [1.807, 2.05) is 0 Å². The molecular formula is C14H27ClN2O3. The van der Waals surface area contributed by atoms with Crippen LogP contribution in [-0.4, -0.2) is 51.5 Å². The molecule has 2 unspecified atom stereocenters. The van der Waals surface area contributed by atoms with Crippen LogP contribution in [0.25, 0.3) is 0 Å². The third kappa shape index (κ3) is 5.95. The van der Waals surface area contributed by atoms with Crippen LogP contribution in [0, 0.1) is 5.92 Å². The summed E-state index contributed by atoms with van der Waals surface area (Å²) in [6.45, 7) is 2.35. The molecular weight excluding hydrogens is 280 g/mol. The monoisotopic (exact) mass is 306 g/mol. The number of fused-ring (bicyclic) bond motifs is 2. The highest BCUT2D eigenvalue weighted by molar-refractivity contribution is 5.85. The summed E-state index contributed by atoms with van der Waals surface area (Å²) >= 11 is 0. The number of nitrogens with one attached hydrogen (secondary N) is 2. The van der Waals surface area contributed by atoms with Crippen molar-refractivity contribution in [1.29, 1.82) is 0 Å². The zero-order valence-corrected chi connectivity index (χ0v) is 13.0. The number of carbonyl (C=O) groups is 1. The number of rotatable bonds is 8. The Hall–Kier alpha value is -0.360. The SMILES string of the molecule is COCCOCCNC(=O)CC1CC2CCC(C1)N2.Cl. The van der Waals surface area contributed by atoms with Crippen molar-refractivity contribution in [2.45, 2.75) is 44.2 Å². The van der Waals surface area contributed by atoms with Crippen molar-refractivity contribution in [3.8, 4) is 0 Å². The van der Waals surface area contributed by atoms with Crippen molar-refractivity contribution in [3.05, 3.63) is 0 Å². The van der Waals surface area contributed by atoms with Crippen LogP contribution >= 0.6 is 12.4 Å². The van der Waals surface area contributed by atoms with Crippen LogP contribution in [0.15, 0.2) is 0 Å². The predicted octanol–water partition coefficient (Wildman–Crippen LogP) is 1.11. The fourth-order valence-electron chi connectivity index (χ4n) is 3.18. The molecule has 5 nitrogen and oxygen atoms in total. The quantitative estimate of drug-likeness (QED) is 0.660. The molecule has 0 spiro atoms. The van der Waals surface area contributed by atoms with Crippen LogP contribution in [0.3, 0.4) is 0 Å². The minimum absolute atomic E-state index is 0. The number of methoxy groups -OCH3 is 1. The van der Waals surface area contributed by atoms with Gasteiger partial charge in [0.05, 0.1) is 19.8 Å². The molecule has 6 heteroatoms. The number of ether oxygens (including phenoxy) is 2. The maximum atomic E-state index is 11.8. The van der Waals surface area contributed by atoms with Crippen LogP contribution in [0.2, 0.25) is 0 Å². The standard InChI is InChI=1S/C14H26N2O3.ClH/c1-18-6-7-19-5-4-15-14(17)10-11-8-12-2-3-13(9-11)16-12;/h11-13,16H,2-10H2,1H3,(H,15,17);1H. The molecule has 2 aliphatic heterocycles. The molecule has 0 aromatic rings. The molecule has 2 rings (SSSR count). The van der Waals surface area contributed by atoms with Gasteiger partial charge >= 0.3 is 0 Å². The molecule has 0 aliphatic carbocycles. The summed E-state index contributed by atoms with van der Waals surface area (Å²) in [5, 5.41) is 6.53.